The van der Waals surface area contributed by atoms with Crippen molar-refractivity contribution in [1.82, 2.24) is 0 Å². The Bertz CT molecular complexity index is 931. The Labute approximate surface area is 123 Å². The fourth-order valence-electron chi connectivity index (χ4n) is 3.05. The minimum Gasteiger partial charge on any atom is -0.478 e. The van der Waals surface area contributed by atoms with Crippen LogP contribution in [0.4, 0.5) is 5.69 Å². The number of rotatable bonds is 2. The van der Waals surface area contributed by atoms with Gasteiger partial charge in [0.15, 0.2) is 0 Å². The monoisotopic (exact) mass is 291 g/mol. The molecule has 4 aromatic rings. The summed E-state index contributed by atoms with van der Waals surface area (Å²) >= 11 is 0. The van der Waals surface area contributed by atoms with Crippen molar-refractivity contribution in [3.63, 3.8) is 0 Å². The third kappa shape index (κ3) is 1.62. The molecule has 0 fully saturated rings. The number of non-ortho nitro benzene ring substituents is 1. The SMILES string of the molecule is O=C(O)c1cc2ccc3cc([N+](=O)[O-])cc4ccc(c1)c2c34. The Balaban J connectivity index is 2.21. The van der Waals surface area contributed by atoms with Gasteiger partial charge < -0.3 is 5.11 Å². The van der Waals surface area contributed by atoms with Gasteiger partial charge in [0.1, 0.15) is 0 Å². The molecule has 0 saturated carbocycles. The second-order valence-electron chi connectivity index (χ2n) is 5.26. The maximum Gasteiger partial charge on any atom is 0.335 e. The van der Waals surface area contributed by atoms with Gasteiger partial charge in [0, 0.05) is 12.1 Å². The van der Waals surface area contributed by atoms with Crippen molar-refractivity contribution in [2.24, 2.45) is 0 Å². The largest absolute Gasteiger partial charge is 0.478 e. The van der Waals surface area contributed by atoms with Crippen molar-refractivity contribution in [1.29, 1.82) is 0 Å². The summed E-state index contributed by atoms with van der Waals surface area (Å²) < 4.78 is 0. The third-order valence-electron chi connectivity index (χ3n) is 3.98. The highest BCUT2D eigenvalue weighted by Crippen LogP contribution is 2.37. The maximum atomic E-state index is 11.2. The molecule has 4 rings (SSSR count). The minimum atomic E-state index is -0.971. The first kappa shape index (κ1) is 12.5. The zero-order valence-corrected chi connectivity index (χ0v) is 11.2. The van der Waals surface area contributed by atoms with E-state index in [4.69, 9.17) is 0 Å². The van der Waals surface area contributed by atoms with Gasteiger partial charge in [-0.25, -0.2) is 4.79 Å². The summed E-state index contributed by atoms with van der Waals surface area (Å²) in [5.74, 6) is -0.971. The number of hydrogen-bond donors (Lipinski definition) is 1. The summed E-state index contributed by atoms with van der Waals surface area (Å²) in [4.78, 5) is 21.8. The average molecular weight is 291 g/mol. The van der Waals surface area contributed by atoms with E-state index in [1.54, 1.807) is 48.5 Å². The van der Waals surface area contributed by atoms with Crippen LogP contribution >= 0.6 is 0 Å². The first-order chi connectivity index (χ1) is 10.5. The number of aromatic carboxylic acids is 1. The van der Waals surface area contributed by atoms with Crippen molar-refractivity contribution in [2.45, 2.75) is 0 Å². The van der Waals surface area contributed by atoms with Crippen molar-refractivity contribution < 1.29 is 14.8 Å². The van der Waals surface area contributed by atoms with E-state index in [0.29, 0.717) is 0 Å². The maximum absolute atomic E-state index is 11.2. The topological polar surface area (TPSA) is 80.4 Å². The van der Waals surface area contributed by atoms with Gasteiger partial charge in [0.05, 0.1) is 10.5 Å². The molecule has 22 heavy (non-hydrogen) atoms. The Morgan fingerprint density at radius 3 is 1.64 bits per heavy atom. The highest BCUT2D eigenvalue weighted by atomic mass is 16.6. The molecule has 0 radical (unpaired) electrons. The Kier molecular flexibility index (Phi) is 2.36. The fraction of sp³-hybridized carbons (Fsp3) is 0. The van der Waals surface area contributed by atoms with Crippen LogP contribution in [0.3, 0.4) is 0 Å². The number of carboxylic acid groups (broad SMARTS) is 1. The van der Waals surface area contributed by atoms with Gasteiger partial charge in [-0.15, -0.1) is 0 Å². The summed E-state index contributed by atoms with van der Waals surface area (Å²) in [5, 5.41) is 25.3. The van der Waals surface area contributed by atoms with Gasteiger partial charge in [-0.05, 0) is 44.5 Å². The van der Waals surface area contributed by atoms with Gasteiger partial charge in [-0.2, -0.15) is 0 Å². The number of carboxylic acids is 1. The van der Waals surface area contributed by atoms with Crippen LogP contribution in [-0.2, 0) is 0 Å². The molecule has 1 N–H and O–H groups in total. The molecule has 0 unspecified atom stereocenters. The molecule has 0 aliphatic heterocycles. The first-order valence-corrected chi connectivity index (χ1v) is 6.65. The van der Waals surface area contributed by atoms with Gasteiger partial charge >= 0.3 is 5.97 Å². The highest BCUT2D eigenvalue weighted by molar-refractivity contribution is 6.24. The second kappa shape index (κ2) is 4.14. The van der Waals surface area contributed by atoms with Crippen molar-refractivity contribution >= 4 is 44.0 Å². The third-order valence-corrected chi connectivity index (χ3v) is 3.98. The summed E-state index contributed by atoms with van der Waals surface area (Å²) in [6.45, 7) is 0. The lowest BCUT2D eigenvalue weighted by Gasteiger charge is -2.11. The van der Waals surface area contributed by atoms with Crippen molar-refractivity contribution in [3.05, 3.63) is 64.2 Å². The van der Waals surface area contributed by atoms with Gasteiger partial charge in [0.2, 0.25) is 0 Å². The first-order valence-electron chi connectivity index (χ1n) is 6.65. The van der Waals surface area contributed by atoms with Crippen LogP contribution in [0.25, 0.3) is 32.3 Å². The van der Waals surface area contributed by atoms with Crippen LogP contribution in [0.5, 0.6) is 0 Å². The molecule has 0 aliphatic rings. The molecule has 106 valence electrons. The molecule has 0 saturated heterocycles. The fourth-order valence-corrected chi connectivity index (χ4v) is 3.05. The zero-order valence-electron chi connectivity index (χ0n) is 11.2. The molecule has 0 heterocycles. The van der Waals surface area contributed by atoms with E-state index in [9.17, 15) is 20.0 Å². The van der Waals surface area contributed by atoms with E-state index < -0.39 is 10.9 Å². The standard InChI is InChI=1S/C17H9NO4/c19-17(20)13-5-9-1-3-11-7-14(18(21)22)8-12-4-2-10(6-13)15(9)16(11)12/h1-8H,(H,19,20). The molecule has 5 nitrogen and oxygen atoms in total. The summed E-state index contributed by atoms with van der Waals surface area (Å²) in [6, 6.07) is 13.6. The van der Waals surface area contributed by atoms with E-state index >= 15 is 0 Å². The summed E-state index contributed by atoms with van der Waals surface area (Å²) in [5.41, 5.74) is 0.286. The zero-order chi connectivity index (χ0) is 15.4. The predicted octanol–water partition coefficient (Wildman–Crippen LogP) is 4.19. The number of nitro groups is 1. The van der Waals surface area contributed by atoms with E-state index in [2.05, 4.69) is 0 Å². The molecule has 4 aromatic carbocycles. The number of hydrogen-bond acceptors (Lipinski definition) is 3. The molecule has 0 spiro atoms. The van der Waals surface area contributed by atoms with E-state index in [-0.39, 0.29) is 11.3 Å². The Morgan fingerprint density at radius 2 is 1.27 bits per heavy atom. The smallest absolute Gasteiger partial charge is 0.335 e. The number of carbonyl (C=O) groups is 1. The van der Waals surface area contributed by atoms with Crippen LogP contribution in [0.15, 0.2) is 48.5 Å². The van der Waals surface area contributed by atoms with Crippen molar-refractivity contribution in [2.75, 3.05) is 0 Å². The average Bonchev–Trinajstić information content (AvgIpc) is 2.51. The van der Waals surface area contributed by atoms with Crippen LogP contribution in [0.2, 0.25) is 0 Å². The molecule has 0 bridgehead atoms. The van der Waals surface area contributed by atoms with Crippen LogP contribution in [0, 0.1) is 10.1 Å². The number of benzene rings is 4. The lowest BCUT2D eigenvalue weighted by atomic mass is 9.92. The van der Waals surface area contributed by atoms with Crippen molar-refractivity contribution in [3.8, 4) is 0 Å². The lowest BCUT2D eigenvalue weighted by Crippen LogP contribution is -1.97. The Hall–Kier alpha value is -3.21. The molecular weight excluding hydrogens is 282 g/mol. The normalized spacial score (nSPS) is 11.5. The van der Waals surface area contributed by atoms with Gasteiger partial charge in [0.25, 0.3) is 5.69 Å². The van der Waals surface area contributed by atoms with Crippen LogP contribution in [-0.4, -0.2) is 16.0 Å². The highest BCUT2D eigenvalue weighted by Gasteiger charge is 2.15. The predicted molar refractivity (Wildman–Crippen MR) is 83.8 cm³/mol. The lowest BCUT2D eigenvalue weighted by molar-refractivity contribution is -0.384. The van der Waals surface area contributed by atoms with E-state index in [1.807, 2.05) is 0 Å². The molecule has 0 atom stereocenters. The van der Waals surface area contributed by atoms with Gasteiger partial charge in [-0.3, -0.25) is 10.1 Å². The summed E-state index contributed by atoms with van der Waals surface area (Å²) in [6.07, 6.45) is 0. The molecule has 0 amide bonds. The van der Waals surface area contributed by atoms with Crippen LogP contribution < -0.4 is 0 Å². The Morgan fingerprint density at radius 1 is 0.864 bits per heavy atom. The molecular formula is C17H9NO4. The number of nitro benzene ring substituents is 1. The molecule has 5 heteroatoms. The quantitative estimate of drug-likeness (QED) is 0.341. The summed E-state index contributed by atoms with van der Waals surface area (Å²) in [7, 11) is 0. The van der Waals surface area contributed by atoms with Gasteiger partial charge in [-0.1, -0.05) is 24.3 Å². The van der Waals surface area contributed by atoms with E-state index in [1.165, 1.54) is 0 Å². The van der Waals surface area contributed by atoms with E-state index in [0.717, 1.165) is 32.3 Å². The minimum absolute atomic E-state index is 0.0529. The molecule has 0 aromatic heterocycles. The van der Waals surface area contributed by atoms with Crippen LogP contribution in [0.1, 0.15) is 10.4 Å². The second-order valence-corrected chi connectivity index (χ2v) is 5.26. The number of nitrogens with zero attached hydrogens (tertiary/aromatic N) is 1. The molecule has 0 aliphatic carbocycles.